The molecule has 0 aliphatic carbocycles. The molecule has 0 fully saturated rings. The molecule has 0 saturated heterocycles. The molecule has 2 unspecified atom stereocenters. The molecule has 0 bridgehead atoms. The molecule has 0 spiro atoms. The van der Waals surface area contributed by atoms with Crippen LogP contribution in [0.2, 0.25) is 0 Å². The van der Waals surface area contributed by atoms with Crippen molar-refractivity contribution in [3.8, 4) is 0 Å². The molecule has 0 aliphatic heterocycles. The predicted octanol–water partition coefficient (Wildman–Crippen LogP) is 3.55. The Bertz CT molecular complexity index is 648. The summed E-state index contributed by atoms with van der Waals surface area (Å²) in [5, 5.41) is 2.88. The second kappa shape index (κ2) is 9.18. The van der Waals surface area contributed by atoms with Crippen molar-refractivity contribution in [1.82, 2.24) is 5.32 Å². The van der Waals surface area contributed by atoms with Crippen molar-refractivity contribution >= 4 is 34.2 Å². The number of nitrogens with one attached hydrogen (secondary N) is 1. The van der Waals surface area contributed by atoms with E-state index in [1.54, 1.807) is 14.0 Å². The minimum absolute atomic E-state index is 0. The fourth-order valence-corrected chi connectivity index (χ4v) is 2.57. The Morgan fingerprint density at radius 2 is 1.79 bits per heavy atom. The SMILES string of the molecule is COC(CNC(=O)C(C)(N)c1ccc(Br)cc1)c1ccccc1.Cl. The zero-order chi connectivity index (χ0) is 16.9. The molecular weight excluding hydrogens is 392 g/mol. The van der Waals surface area contributed by atoms with E-state index in [9.17, 15) is 4.79 Å². The number of hydrogen-bond acceptors (Lipinski definition) is 3. The van der Waals surface area contributed by atoms with Crippen LogP contribution in [0.1, 0.15) is 24.2 Å². The maximum absolute atomic E-state index is 12.5. The van der Waals surface area contributed by atoms with E-state index < -0.39 is 5.54 Å². The van der Waals surface area contributed by atoms with Crippen LogP contribution in [0, 0.1) is 0 Å². The van der Waals surface area contributed by atoms with Gasteiger partial charge in [-0.3, -0.25) is 4.79 Å². The first-order valence-corrected chi connectivity index (χ1v) is 8.15. The van der Waals surface area contributed by atoms with Gasteiger partial charge in [-0.05, 0) is 30.2 Å². The van der Waals surface area contributed by atoms with Crippen LogP contribution in [0.4, 0.5) is 0 Å². The van der Waals surface area contributed by atoms with Gasteiger partial charge in [-0.2, -0.15) is 0 Å². The summed E-state index contributed by atoms with van der Waals surface area (Å²) < 4.78 is 6.40. The number of methoxy groups -OCH3 is 1. The number of rotatable bonds is 6. The van der Waals surface area contributed by atoms with Crippen molar-refractivity contribution in [3.05, 3.63) is 70.2 Å². The van der Waals surface area contributed by atoms with Crippen molar-refractivity contribution in [1.29, 1.82) is 0 Å². The van der Waals surface area contributed by atoms with Gasteiger partial charge in [0.25, 0.3) is 0 Å². The zero-order valence-electron chi connectivity index (χ0n) is 13.7. The van der Waals surface area contributed by atoms with Gasteiger partial charge in [0.15, 0.2) is 0 Å². The number of hydrogen-bond donors (Lipinski definition) is 2. The lowest BCUT2D eigenvalue weighted by atomic mass is 9.92. The summed E-state index contributed by atoms with van der Waals surface area (Å²) in [4.78, 5) is 12.5. The second-order valence-corrected chi connectivity index (χ2v) is 6.47. The number of halogens is 2. The van der Waals surface area contributed by atoms with Crippen molar-refractivity contribution in [2.24, 2.45) is 5.73 Å². The highest BCUT2D eigenvalue weighted by Gasteiger charge is 2.30. The van der Waals surface area contributed by atoms with E-state index in [2.05, 4.69) is 21.2 Å². The van der Waals surface area contributed by atoms with Crippen LogP contribution in [0.25, 0.3) is 0 Å². The fraction of sp³-hybridized carbons (Fsp3) is 0.278. The summed E-state index contributed by atoms with van der Waals surface area (Å²) in [5.74, 6) is -0.238. The summed E-state index contributed by atoms with van der Waals surface area (Å²) in [5.41, 5.74) is 6.90. The topological polar surface area (TPSA) is 64.3 Å². The summed E-state index contributed by atoms with van der Waals surface area (Å²) >= 11 is 3.38. The molecule has 4 nitrogen and oxygen atoms in total. The second-order valence-electron chi connectivity index (χ2n) is 5.55. The molecular formula is C18H22BrClN2O2. The molecule has 3 N–H and O–H groups in total. The smallest absolute Gasteiger partial charge is 0.244 e. The van der Waals surface area contributed by atoms with E-state index in [1.165, 1.54) is 0 Å². The molecule has 130 valence electrons. The minimum Gasteiger partial charge on any atom is -0.375 e. The van der Waals surface area contributed by atoms with Crippen LogP contribution in [0.15, 0.2) is 59.1 Å². The number of carbonyl (C=O) groups excluding carboxylic acids is 1. The normalized spacial score (nSPS) is 14.2. The molecule has 2 aromatic rings. The Morgan fingerprint density at radius 1 is 1.21 bits per heavy atom. The third-order valence-electron chi connectivity index (χ3n) is 3.82. The van der Waals surface area contributed by atoms with Crippen LogP contribution in [-0.2, 0) is 15.1 Å². The van der Waals surface area contributed by atoms with Crippen LogP contribution < -0.4 is 11.1 Å². The Hall–Kier alpha value is -1.40. The maximum Gasteiger partial charge on any atom is 0.244 e. The lowest BCUT2D eigenvalue weighted by Crippen LogP contribution is -2.49. The average molecular weight is 414 g/mol. The lowest BCUT2D eigenvalue weighted by molar-refractivity contribution is -0.126. The van der Waals surface area contributed by atoms with Crippen molar-refractivity contribution in [2.75, 3.05) is 13.7 Å². The van der Waals surface area contributed by atoms with E-state index in [-0.39, 0.29) is 24.4 Å². The molecule has 1 amide bonds. The lowest BCUT2D eigenvalue weighted by Gasteiger charge is -2.25. The first-order chi connectivity index (χ1) is 10.9. The van der Waals surface area contributed by atoms with E-state index in [0.29, 0.717) is 6.54 Å². The molecule has 2 atom stereocenters. The van der Waals surface area contributed by atoms with Crippen molar-refractivity contribution < 1.29 is 9.53 Å². The number of nitrogens with two attached hydrogens (primary N) is 1. The average Bonchev–Trinajstić information content (AvgIpc) is 2.56. The molecule has 0 saturated carbocycles. The summed E-state index contributed by atoms with van der Waals surface area (Å²) in [6.45, 7) is 2.07. The van der Waals surface area contributed by atoms with Gasteiger partial charge < -0.3 is 15.8 Å². The zero-order valence-corrected chi connectivity index (χ0v) is 16.1. The Morgan fingerprint density at radius 3 is 2.33 bits per heavy atom. The van der Waals surface area contributed by atoms with Crippen LogP contribution in [0.3, 0.4) is 0 Å². The maximum atomic E-state index is 12.5. The highest BCUT2D eigenvalue weighted by molar-refractivity contribution is 9.10. The first-order valence-electron chi connectivity index (χ1n) is 7.36. The summed E-state index contributed by atoms with van der Waals surface area (Å²) in [7, 11) is 1.63. The molecule has 2 rings (SSSR count). The van der Waals surface area contributed by atoms with E-state index >= 15 is 0 Å². The predicted molar refractivity (Wildman–Crippen MR) is 102 cm³/mol. The van der Waals surface area contributed by atoms with Crippen LogP contribution >= 0.6 is 28.3 Å². The van der Waals surface area contributed by atoms with Gasteiger partial charge in [0.1, 0.15) is 5.54 Å². The van der Waals surface area contributed by atoms with E-state index in [1.807, 2.05) is 54.6 Å². The Kier molecular flexibility index (Phi) is 7.90. The number of ether oxygens (including phenoxy) is 1. The van der Waals surface area contributed by atoms with Gasteiger partial charge in [0.2, 0.25) is 5.91 Å². The Balaban J connectivity index is 0.00000288. The quantitative estimate of drug-likeness (QED) is 0.761. The summed E-state index contributed by atoms with van der Waals surface area (Å²) in [6, 6.07) is 17.2. The van der Waals surface area contributed by atoms with E-state index in [4.69, 9.17) is 10.5 Å². The van der Waals surface area contributed by atoms with Crippen LogP contribution in [0.5, 0.6) is 0 Å². The Labute approximate surface area is 157 Å². The number of carbonyl (C=O) groups is 1. The molecule has 0 aliphatic rings. The van der Waals surface area contributed by atoms with Gasteiger partial charge in [0, 0.05) is 18.1 Å². The number of amides is 1. The molecule has 24 heavy (non-hydrogen) atoms. The minimum atomic E-state index is -1.10. The number of benzene rings is 2. The monoisotopic (exact) mass is 412 g/mol. The molecule has 2 aromatic carbocycles. The third kappa shape index (κ3) is 5.05. The molecule has 0 heterocycles. The van der Waals surface area contributed by atoms with Gasteiger partial charge in [0.05, 0.1) is 6.10 Å². The molecule has 0 radical (unpaired) electrons. The largest absolute Gasteiger partial charge is 0.375 e. The standard InChI is InChI=1S/C18H21BrN2O2.ClH/c1-18(20,14-8-10-15(19)11-9-14)17(22)21-12-16(23-2)13-6-4-3-5-7-13;/h3-11,16H,12,20H2,1-2H3,(H,21,22);1H. The highest BCUT2D eigenvalue weighted by atomic mass is 79.9. The van der Waals surface area contributed by atoms with Gasteiger partial charge in [-0.15, -0.1) is 12.4 Å². The van der Waals surface area contributed by atoms with E-state index in [0.717, 1.165) is 15.6 Å². The molecule has 6 heteroatoms. The van der Waals surface area contributed by atoms with Crippen molar-refractivity contribution in [3.63, 3.8) is 0 Å². The third-order valence-corrected chi connectivity index (χ3v) is 4.35. The van der Waals surface area contributed by atoms with Crippen molar-refractivity contribution in [2.45, 2.75) is 18.6 Å². The fourth-order valence-electron chi connectivity index (χ4n) is 2.30. The van der Waals surface area contributed by atoms with Gasteiger partial charge in [-0.1, -0.05) is 58.4 Å². The highest BCUT2D eigenvalue weighted by Crippen LogP contribution is 2.21. The first kappa shape index (κ1) is 20.6. The molecule has 0 aromatic heterocycles. The van der Waals surface area contributed by atoms with Gasteiger partial charge in [-0.25, -0.2) is 0 Å². The van der Waals surface area contributed by atoms with Crippen LogP contribution in [-0.4, -0.2) is 19.6 Å². The summed E-state index contributed by atoms with van der Waals surface area (Å²) in [6.07, 6.45) is -0.208. The van der Waals surface area contributed by atoms with Gasteiger partial charge >= 0.3 is 0 Å².